The normalized spacial score (nSPS) is 22.1. The van der Waals surface area contributed by atoms with Crippen LogP contribution >= 0.6 is 0 Å². The van der Waals surface area contributed by atoms with Crippen LogP contribution in [0.2, 0.25) is 0 Å². The maximum atomic E-state index is 13.0. The van der Waals surface area contributed by atoms with E-state index in [1.165, 1.54) is 42.8 Å². The number of anilines is 2. The Labute approximate surface area is 212 Å². The SMILES string of the molecule is CN(c1ccc(CNC(=O)c2cccc(N3NC(=O)C4CC=CCC4C3=O)c2)cc1)C1CCCCC1. The fraction of sp³-hybridized carbons (Fsp3) is 0.414. The van der Waals surface area contributed by atoms with Gasteiger partial charge in [0.1, 0.15) is 0 Å². The number of nitrogens with one attached hydrogen (secondary N) is 2. The molecule has 2 unspecified atom stereocenters. The van der Waals surface area contributed by atoms with E-state index in [0.29, 0.717) is 36.7 Å². The Bertz CT molecular complexity index is 1150. The highest BCUT2D eigenvalue weighted by molar-refractivity contribution is 6.05. The van der Waals surface area contributed by atoms with Gasteiger partial charge >= 0.3 is 0 Å². The average molecular weight is 487 g/mol. The second-order valence-corrected chi connectivity index (χ2v) is 10.1. The number of fused-ring (bicyclic) bond motifs is 1. The third-order valence-corrected chi connectivity index (χ3v) is 7.81. The first kappa shape index (κ1) is 24.1. The molecule has 1 aliphatic heterocycles. The molecule has 36 heavy (non-hydrogen) atoms. The first-order valence-electron chi connectivity index (χ1n) is 13.0. The minimum absolute atomic E-state index is 0.139. The lowest BCUT2D eigenvalue weighted by Crippen LogP contribution is -2.59. The van der Waals surface area contributed by atoms with Crippen LogP contribution in [0.3, 0.4) is 0 Å². The smallest absolute Gasteiger partial charge is 0.251 e. The van der Waals surface area contributed by atoms with Crippen molar-refractivity contribution in [1.29, 1.82) is 0 Å². The number of carbonyl (C=O) groups is 3. The molecule has 0 aromatic heterocycles. The number of hydrazine groups is 1. The van der Waals surface area contributed by atoms with E-state index < -0.39 is 0 Å². The molecule has 0 spiro atoms. The van der Waals surface area contributed by atoms with E-state index >= 15 is 0 Å². The van der Waals surface area contributed by atoms with E-state index in [1.54, 1.807) is 24.3 Å². The lowest BCUT2D eigenvalue weighted by atomic mass is 9.80. The first-order chi connectivity index (χ1) is 17.5. The van der Waals surface area contributed by atoms with Crippen molar-refractivity contribution >= 4 is 29.1 Å². The lowest BCUT2D eigenvalue weighted by molar-refractivity contribution is -0.139. The van der Waals surface area contributed by atoms with Crippen molar-refractivity contribution in [1.82, 2.24) is 10.7 Å². The number of allylic oxidation sites excluding steroid dienone is 2. The molecular weight excluding hydrogens is 452 g/mol. The molecule has 3 amide bonds. The maximum absolute atomic E-state index is 13.0. The average Bonchev–Trinajstić information content (AvgIpc) is 2.94. The van der Waals surface area contributed by atoms with Gasteiger partial charge in [-0.1, -0.05) is 49.6 Å². The largest absolute Gasteiger partial charge is 0.372 e. The molecule has 0 bridgehead atoms. The summed E-state index contributed by atoms with van der Waals surface area (Å²) in [6, 6.07) is 15.8. The predicted octanol–water partition coefficient (Wildman–Crippen LogP) is 4.35. The van der Waals surface area contributed by atoms with Crippen LogP contribution in [0.5, 0.6) is 0 Å². The molecule has 2 aliphatic carbocycles. The second kappa shape index (κ2) is 10.6. The molecule has 1 saturated carbocycles. The summed E-state index contributed by atoms with van der Waals surface area (Å²) in [7, 11) is 2.17. The first-order valence-corrected chi connectivity index (χ1v) is 13.0. The Morgan fingerprint density at radius 3 is 2.47 bits per heavy atom. The van der Waals surface area contributed by atoms with Gasteiger partial charge in [0.15, 0.2) is 0 Å². The molecule has 3 aliphatic rings. The molecule has 2 aromatic rings. The Hall–Kier alpha value is -3.61. The lowest BCUT2D eigenvalue weighted by Gasteiger charge is -2.38. The summed E-state index contributed by atoms with van der Waals surface area (Å²) in [6.07, 6.45) is 11.5. The summed E-state index contributed by atoms with van der Waals surface area (Å²) >= 11 is 0. The number of hydrogen-bond acceptors (Lipinski definition) is 4. The quantitative estimate of drug-likeness (QED) is 0.595. The minimum atomic E-state index is -0.360. The van der Waals surface area contributed by atoms with E-state index in [0.717, 1.165) is 5.56 Å². The summed E-state index contributed by atoms with van der Waals surface area (Å²) < 4.78 is 0. The van der Waals surface area contributed by atoms with Gasteiger partial charge in [0.2, 0.25) is 11.8 Å². The van der Waals surface area contributed by atoms with Gasteiger partial charge in [0.05, 0.1) is 17.5 Å². The zero-order valence-corrected chi connectivity index (χ0v) is 20.8. The third kappa shape index (κ3) is 5.01. The van der Waals surface area contributed by atoms with Crippen molar-refractivity contribution in [2.75, 3.05) is 17.0 Å². The maximum Gasteiger partial charge on any atom is 0.251 e. The van der Waals surface area contributed by atoms with Gasteiger partial charge in [-0.05, 0) is 61.6 Å². The van der Waals surface area contributed by atoms with Crippen LogP contribution in [0.4, 0.5) is 11.4 Å². The summed E-state index contributed by atoms with van der Waals surface area (Å²) in [5, 5.41) is 4.26. The monoisotopic (exact) mass is 486 g/mol. The van der Waals surface area contributed by atoms with Crippen molar-refractivity contribution < 1.29 is 14.4 Å². The van der Waals surface area contributed by atoms with Gasteiger partial charge in [-0.3, -0.25) is 19.8 Å². The molecule has 2 atom stereocenters. The zero-order valence-electron chi connectivity index (χ0n) is 20.8. The second-order valence-electron chi connectivity index (χ2n) is 10.1. The number of hydrogen-bond donors (Lipinski definition) is 2. The van der Waals surface area contributed by atoms with Gasteiger partial charge in [-0.15, -0.1) is 0 Å². The van der Waals surface area contributed by atoms with Crippen LogP contribution in [0.1, 0.15) is 60.9 Å². The zero-order chi connectivity index (χ0) is 25.1. The Kier molecular flexibility index (Phi) is 7.07. The third-order valence-electron chi connectivity index (χ3n) is 7.81. The molecule has 1 heterocycles. The highest BCUT2D eigenvalue weighted by Gasteiger charge is 2.42. The number of amides is 3. The molecule has 7 heteroatoms. The molecule has 2 N–H and O–H groups in total. The highest BCUT2D eigenvalue weighted by Crippen LogP contribution is 2.32. The van der Waals surface area contributed by atoms with Crippen molar-refractivity contribution in [3.05, 3.63) is 71.8 Å². The standard InChI is InChI=1S/C29H34N4O3/c1-32(22-9-3-2-4-10-22)23-16-14-20(15-17-23)19-30-27(34)21-8-7-11-24(18-21)33-29(36)26-13-6-5-12-25(26)28(35)31-33/h5-8,11,14-18,22,25-26H,2-4,9-10,12-13,19H2,1H3,(H,30,34)(H,31,35). The molecule has 0 radical (unpaired) electrons. The number of carbonyl (C=O) groups excluding carboxylic acids is 3. The summed E-state index contributed by atoms with van der Waals surface area (Å²) in [5.41, 5.74) is 5.87. The molecule has 188 valence electrons. The van der Waals surface area contributed by atoms with Crippen LogP contribution < -0.4 is 20.7 Å². The van der Waals surface area contributed by atoms with E-state index in [-0.39, 0.29) is 29.6 Å². The Balaban J connectivity index is 1.21. The van der Waals surface area contributed by atoms with Gasteiger partial charge in [0.25, 0.3) is 5.91 Å². The number of nitrogens with zero attached hydrogens (tertiary/aromatic N) is 2. The fourth-order valence-electron chi connectivity index (χ4n) is 5.58. The predicted molar refractivity (Wildman–Crippen MR) is 140 cm³/mol. The van der Waals surface area contributed by atoms with E-state index in [2.05, 4.69) is 47.0 Å². The van der Waals surface area contributed by atoms with Crippen LogP contribution in [0.25, 0.3) is 0 Å². The van der Waals surface area contributed by atoms with Gasteiger partial charge in [-0.25, -0.2) is 5.01 Å². The van der Waals surface area contributed by atoms with Gasteiger partial charge in [0, 0.05) is 30.9 Å². The topological polar surface area (TPSA) is 81.8 Å². The summed E-state index contributed by atoms with van der Waals surface area (Å²) in [5.74, 6) is -1.20. The Morgan fingerprint density at radius 1 is 1.00 bits per heavy atom. The molecule has 1 saturated heterocycles. The van der Waals surface area contributed by atoms with Crippen LogP contribution in [0, 0.1) is 11.8 Å². The minimum Gasteiger partial charge on any atom is -0.372 e. The van der Waals surface area contributed by atoms with Crippen molar-refractivity contribution in [3.63, 3.8) is 0 Å². The van der Waals surface area contributed by atoms with E-state index in [4.69, 9.17) is 0 Å². The number of rotatable bonds is 6. The molecule has 5 rings (SSSR count). The van der Waals surface area contributed by atoms with Crippen LogP contribution in [-0.4, -0.2) is 30.8 Å². The van der Waals surface area contributed by atoms with Crippen molar-refractivity contribution in [3.8, 4) is 0 Å². The molecule has 2 fully saturated rings. The molecule has 2 aromatic carbocycles. The summed E-state index contributed by atoms with van der Waals surface area (Å²) in [6.45, 7) is 0.409. The van der Waals surface area contributed by atoms with Crippen LogP contribution in [-0.2, 0) is 16.1 Å². The van der Waals surface area contributed by atoms with E-state index in [9.17, 15) is 14.4 Å². The van der Waals surface area contributed by atoms with Crippen molar-refractivity contribution in [2.24, 2.45) is 11.8 Å². The Morgan fingerprint density at radius 2 is 1.72 bits per heavy atom. The molecule has 7 nitrogen and oxygen atoms in total. The van der Waals surface area contributed by atoms with Gasteiger partial charge in [-0.2, -0.15) is 0 Å². The summed E-state index contributed by atoms with van der Waals surface area (Å²) in [4.78, 5) is 40.9. The highest BCUT2D eigenvalue weighted by atomic mass is 16.2. The van der Waals surface area contributed by atoms with Gasteiger partial charge < -0.3 is 10.2 Å². The molecular formula is C29H34N4O3. The van der Waals surface area contributed by atoms with Crippen molar-refractivity contribution in [2.45, 2.75) is 57.5 Å². The number of benzene rings is 2. The fourth-order valence-corrected chi connectivity index (χ4v) is 5.58. The van der Waals surface area contributed by atoms with E-state index in [1.807, 2.05) is 12.2 Å². The van der Waals surface area contributed by atoms with Crippen LogP contribution in [0.15, 0.2) is 60.7 Å².